The third-order valence-corrected chi connectivity index (χ3v) is 4.82. The van der Waals surface area contributed by atoms with Crippen molar-refractivity contribution in [2.75, 3.05) is 33.4 Å². The maximum Gasteiger partial charge on any atom is 0.251 e. The topological polar surface area (TPSA) is 59.6 Å². The molecule has 6 heteroatoms. The van der Waals surface area contributed by atoms with Gasteiger partial charge in [-0.25, -0.2) is 0 Å². The Kier molecular flexibility index (Phi) is 6.96. The highest BCUT2D eigenvalue weighted by Gasteiger charge is 2.27. The van der Waals surface area contributed by atoms with Crippen molar-refractivity contribution in [3.05, 3.63) is 22.7 Å². The standard InChI is InChI=1S/C19H29ClN2O3/c1-13(2)11-25-17-15(20)9-14(10-16(17)24-4)18(23)22-12-19(3)5-7-21-8-6-19/h9-10,13,21H,5-8,11-12H2,1-4H3,(H,22,23). The summed E-state index contributed by atoms with van der Waals surface area (Å²) in [6.45, 7) is 9.51. The summed E-state index contributed by atoms with van der Waals surface area (Å²) < 4.78 is 11.1. The smallest absolute Gasteiger partial charge is 0.251 e. The van der Waals surface area contributed by atoms with E-state index in [4.69, 9.17) is 21.1 Å². The van der Waals surface area contributed by atoms with E-state index in [1.807, 2.05) is 0 Å². The molecule has 1 aliphatic rings. The summed E-state index contributed by atoms with van der Waals surface area (Å²) in [6.07, 6.45) is 2.11. The summed E-state index contributed by atoms with van der Waals surface area (Å²) in [7, 11) is 1.55. The second kappa shape index (κ2) is 8.77. The van der Waals surface area contributed by atoms with Crippen molar-refractivity contribution < 1.29 is 14.3 Å². The molecule has 1 aliphatic heterocycles. The quantitative estimate of drug-likeness (QED) is 0.773. The van der Waals surface area contributed by atoms with Gasteiger partial charge < -0.3 is 20.1 Å². The second-order valence-electron chi connectivity index (χ2n) is 7.44. The highest BCUT2D eigenvalue weighted by molar-refractivity contribution is 6.32. The van der Waals surface area contributed by atoms with E-state index in [1.165, 1.54) is 0 Å². The van der Waals surface area contributed by atoms with Crippen LogP contribution in [0.2, 0.25) is 5.02 Å². The number of methoxy groups -OCH3 is 1. The Morgan fingerprint density at radius 3 is 2.64 bits per heavy atom. The third kappa shape index (κ3) is 5.51. The Morgan fingerprint density at radius 1 is 1.36 bits per heavy atom. The summed E-state index contributed by atoms with van der Waals surface area (Å²) in [5.41, 5.74) is 0.617. The van der Waals surface area contributed by atoms with E-state index >= 15 is 0 Å². The van der Waals surface area contributed by atoms with Crippen molar-refractivity contribution in [3.8, 4) is 11.5 Å². The molecule has 0 radical (unpaired) electrons. The summed E-state index contributed by atoms with van der Waals surface area (Å²) in [6, 6.07) is 3.32. The molecule has 1 heterocycles. The Bertz CT molecular complexity index is 599. The van der Waals surface area contributed by atoms with Crippen molar-refractivity contribution in [1.82, 2.24) is 10.6 Å². The lowest BCUT2D eigenvalue weighted by Gasteiger charge is -2.34. The van der Waals surface area contributed by atoms with Crippen LogP contribution in [-0.4, -0.2) is 39.3 Å². The average molecular weight is 369 g/mol. The molecule has 2 rings (SSSR count). The zero-order chi connectivity index (χ0) is 18.4. The van der Waals surface area contributed by atoms with Crippen LogP contribution >= 0.6 is 11.6 Å². The molecule has 1 aromatic rings. The number of ether oxygens (including phenoxy) is 2. The predicted octanol–water partition coefficient (Wildman–Crippen LogP) is 3.50. The monoisotopic (exact) mass is 368 g/mol. The van der Waals surface area contributed by atoms with Gasteiger partial charge in [0.1, 0.15) is 0 Å². The molecule has 5 nitrogen and oxygen atoms in total. The van der Waals surface area contributed by atoms with Crippen molar-refractivity contribution in [2.24, 2.45) is 11.3 Å². The first kappa shape index (κ1) is 19.9. The van der Waals surface area contributed by atoms with E-state index < -0.39 is 0 Å². The minimum Gasteiger partial charge on any atom is -0.493 e. The summed E-state index contributed by atoms with van der Waals surface area (Å²) in [5.74, 6) is 1.19. The number of hydrogen-bond acceptors (Lipinski definition) is 4. The number of carbonyl (C=O) groups is 1. The van der Waals surface area contributed by atoms with Crippen LogP contribution in [0.1, 0.15) is 44.0 Å². The number of nitrogens with one attached hydrogen (secondary N) is 2. The minimum atomic E-state index is -0.143. The molecule has 1 saturated heterocycles. The highest BCUT2D eigenvalue weighted by atomic mass is 35.5. The number of halogens is 1. The van der Waals surface area contributed by atoms with Gasteiger partial charge in [-0.1, -0.05) is 32.4 Å². The van der Waals surface area contributed by atoms with Crippen LogP contribution in [0, 0.1) is 11.3 Å². The lowest BCUT2D eigenvalue weighted by Crippen LogP contribution is -2.42. The van der Waals surface area contributed by atoms with Crippen molar-refractivity contribution in [2.45, 2.75) is 33.6 Å². The fourth-order valence-electron chi connectivity index (χ4n) is 2.84. The van der Waals surface area contributed by atoms with Crippen LogP contribution in [0.15, 0.2) is 12.1 Å². The van der Waals surface area contributed by atoms with Gasteiger partial charge in [0.05, 0.1) is 18.7 Å². The summed E-state index contributed by atoms with van der Waals surface area (Å²) >= 11 is 6.32. The van der Waals surface area contributed by atoms with E-state index in [9.17, 15) is 4.79 Å². The Labute approximate surface area is 155 Å². The fourth-order valence-corrected chi connectivity index (χ4v) is 3.11. The van der Waals surface area contributed by atoms with Crippen LogP contribution in [0.4, 0.5) is 0 Å². The van der Waals surface area contributed by atoms with Gasteiger partial charge in [0.2, 0.25) is 0 Å². The molecule has 0 atom stereocenters. The van der Waals surface area contributed by atoms with Crippen LogP contribution in [0.3, 0.4) is 0 Å². The van der Waals surface area contributed by atoms with Crippen molar-refractivity contribution in [3.63, 3.8) is 0 Å². The summed E-state index contributed by atoms with van der Waals surface area (Å²) in [4.78, 5) is 12.5. The van der Waals surface area contributed by atoms with Crippen LogP contribution < -0.4 is 20.1 Å². The molecular weight excluding hydrogens is 340 g/mol. The third-order valence-electron chi connectivity index (χ3n) is 4.54. The largest absolute Gasteiger partial charge is 0.493 e. The van der Waals surface area contributed by atoms with E-state index in [-0.39, 0.29) is 11.3 Å². The van der Waals surface area contributed by atoms with Crippen LogP contribution in [-0.2, 0) is 0 Å². The number of carbonyl (C=O) groups excluding carboxylic acids is 1. The Balaban J connectivity index is 2.07. The van der Waals surface area contributed by atoms with Gasteiger partial charge in [0.25, 0.3) is 5.91 Å². The molecule has 2 N–H and O–H groups in total. The number of hydrogen-bond donors (Lipinski definition) is 2. The average Bonchev–Trinajstić information content (AvgIpc) is 2.58. The molecule has 0 aliphatic carbocycles. The first-order valence-electron chi connectivity index (χ1n) is 8.84. The van der Waals surface area contributed by atoms with E-state index in [1.54, 1.807) is 19.2 Å². The molecule has 1 aromatic carbocycles. The predicted molar refractivity (Wildman–Crippen MR) is 101 cm³/mol. The number of piperidine rings is 1. The van der Waals surface area contributed by atoms with Crippen LogP contribution in [0.25, 0.3) is 0 Å². The fraction of sp³-hybridized carbons (Fsp3) is 0.632. The van der Waals surface area contributed by atoms with Gasteiger partial charge in [-0.2, -0.15) is 0 Å². The molecule has 140 valence electrons. The highest BCUT2D eigenvalue weighted by Crippen LogP contribution is 2.37. The maximum absolute atomic E-state index is 12.5. The van der Waals surface area contributed by atoms with Gasteiger partial charge in [-0.05, 0) is 49.4 Å². The molecular formula is C19H29ClN2O3. The molecule has 25 heavy (non-hydrogen) atoms. The Morgan fingerprint density at radius 2 is 2.04 bits per heavy atom. The van der Waals surface area contributed by atoms with E-state index in [2.05, 4.69) is 31.4 Å². The lowest BCUT2D eigenvalue weighted by atomic mass is 9.81. The SMILES string of the molecule is COc1cc(C(=O)NCC2(C)CCNCC2)cc(Cl)c1OCC(C)C. The maximum atomic E-state index is 12.5. The first-order chi connectivity index (χ1) is 11.8. The van der Waals surface area contributed by atoms with E-state index in [0.29, 0.717) is 41.2 Å². The van der Waals surface area contributed by atoms with Gasteiger partial charge in [-0.3, -0.25) is 4.79 Å². The van der Waals surface area contributed by atoms with Gasteiger partial charge in [-0.15, -0.1) is 0 Å². The Hall–Kier alpha value is -1.46. The van der Waals surface area contributed by atoms with E-state index in [0.717, 1.165) is 25.9 Å². The number of amides is 1. The lowest BCUT2D eigenvalue weighted by molar-refractivity contribution is 0.0922. The number of benzene rings is 1. The van der Waals surface area contributed by atoms with Crippen molar-refractivity contribution >= 4 is 17.5 Å². The van der Waals surface area contributed by atoms with Crippen molar-refractivity contribution in [1.29, 1.82) is 0 Å². The molecule has 0 spiro atoms. The van der Waals surface area contributed by atoms with Crippen LogP contribution in [0.5, 0.6) is 11.5 Å². The number of rotatable bonds is 7. The van der Waals surface area contributed by atoms with Gasteiger partial charge >= 0.3 is 0 Å². The van der Waals surface area contributed by atoms with Gasteiger partial charge in [0.15, 0.2) is 11.5 Å². The minimum absolute atomic E-state index is 0.134. The zero-order valence-corrected chi connectivity index (χ0v) is 16.3. The summed E-state index contributed by atoms with van der Waals surface area (Å²) in [5, 5.41) is 6.77. The molecule has 1 fully saturated rings. The van der Waals surface area contributed by atoms with Gasteiger partial charge in [0, 0.05) is 12.1 Å². The molecule has 0 unspecified atom stereocenters. The molecule has 0 aromatic heterocycles. The molecule has 1 amide bonds. The first-order valence-corrected chi connectivity index (χ1v) is 9.22. The zero-order valence-electron chi connectivity index (χ0n) is 15.6. The molecule has 0 bridgehead atoms. The second-order valence-corrected chi connectivity index (χ2v) is 7.84. The molecule has 0 saturated carbocycles. The normalized spacial score (nSPS) is 16.6.